The van der Waals surface area contributed by atoms with Crippen molar-refractivity contribution in [2.45, 2.75) is 188 Å². The van der Waals surface area contributed by atoms with Crippen LogP contribution < -0.4 is 4.78 Å². The molecule has 3 aromatic rings. The summed E-state index contributed by atoms with van der Waals surface area (Å²) in [6, 6.07) is 4.85. The predicted molar refractivity (Wildman–Crippen MR) is 200 cm³/mol. The van der Waals surface area contributed by atoms with Gasteiger partial charge < -0.3 is 18.8 Å². The monoisotopic (exact) mass is 668 g/mol. The normalized spacial score (nSPS) is 20.5. The van der Waals surface area contributed by atoms with E-state index in [1.54, 1.807) is 0 Å². The van der Waals surface area contributed by atoms with Crippen molar-refractivity contribution in [2.24, 2.45) is 0 Å². The molecule has 0 spiro atoms. The minimum absolute atomic E-state index is 0.329. The SMILES string of the molecule is CCCCCCCCc1c2cc(C3OC(C)(C)C(C)(C)O3)sc2c(CCCCCCCC)c2cc(B3OC(C)(C)C(C)(C)O3)sc12. The lowest BCUT2D eigenvalue weighted by molar-refractivity contribution is -0.0870. The van der Waals surface area contributed by atoms with Gasteiger partial charge in [0, 0.05) is 14.2 Å². The first-order valence-electron chi connectivity index (χ1n) is 18.4. The highest BCUT2D eigenvalue weighted by molar-refractivity contribution is 7.28. The molecule has 0 atom stereocenters. The summed E-state index contributed by atoms with van der Waals surface area (Å²) >= 11 is 3.81. The van der Waals surface area contributed by atoms with Gasteiger partial charge in [-0.3, -0.25) is 0 Å². The Hall–Kier alpha value is -0.955. The van der Waals surface area contributed by atoms with Crippen LogP contribution in [0, 0.1) is 0 Å². The number of ether oxygens (including phenoxy) is 2. The van der Waals surface area contributed by atoms with Crippen molar-refractivity contribution in [2.75, 3.05) is 0 Å². The lowest BCUT2D eigenvalue weighted by Crippen LogP contribution is -2.41. The Balaban J connectivity index is 1.57. The average Bonchev–Trinajstić information content (AvgIpc) is 3.70. The molecule has 1 aromatic carbocycles. The maximum absolute atomic E-state index is 6.59. The molecular weight excluding hydrogens is 607 g/mol. The first kappa shape index (κ1) is 36.3. The van der Waals surface area contributed by atoms with Gasteiger partial charge in [-0.1, -0.05) is 78.1 Å². The van der Waals surface area contributed by atoms with E-state index >= 15 is 0 Å². The zero-order valence-electron chi connectivity index (χ0n) is 30.7. The molecule has 5 rings (SSSR count). The third kappa shape index (κ3) is 7.45. The third-order valence-corrected chi connectivity index (χ3v) is 13.7. The van der Waals surface area contributed by atoms with E-state index in [9.17, 15) is 0 Å². The zero-order chi connectivity index (χ0) is 33.3. The van der Waals surface area contributed by atoms with E-state index in [1.807, 2.05) is 22.7 Å². The van der Waals surface area contributed by atoms with E-state index < -0.39 is 0 Å². The van der Waals surface area contributed by atoms with Crippen molar-refractivity contribution in [3.63, 3.8) is 0 Å². The van der Waals surface area contributed by atoms with Crippen LogP contribution in [0.5, 0.6) is 0 Å². The molecule has 2 fully saturated rings. The Labute approximate surface area is 288 Å². The quantitative estimate of drug-likeness (QED) is 0.112. The molecule has 4 heterocycles. The van der Waals surface area contributed by atoms with Crippen LogP contribution >= 0.6 is 22.7 Å². The summed E-state index contributed by atoms with van der Waals surface area (Å²) in [7, 11) is -0.329. The maximum Gasteiger partial charge on any atom is 0.505 e. The molecule has 2 aliphatic heterocycles. The number of aryl methyl sites for hydroxylation is 2. The highest BCUT2D eigenvalue weighted by atomic mass is 32.1. The summed E-state index contributed by atoms with van der Waals surface area (Å²) in [5.41, 5.74) is 1.59. The van der Waals surface area contributed by atoms with Gasteiger partial charge in [-0.05, 0) is 115 Å². The second-order valence-corrected chi connectivity index (χ2v) is 18.1. The highest BCUT2D eigenvalue weighted by Gasteiger charge is 2.53. The minimum atomic E-state index is -0.353. The Morgan fingerprint density at radius 3 is 1.50 bits per heavy atom. The second kappa shape index (κ2) is 14.5. The van der Waals surface area contributed by atoms with E-state index in [0.717, 1.165) is 12.8 Å². The summed E-state index contributed by atoms with van der Waals surface area (Å²) < 4.78 is 30.4. The molecule has 0 bridgehead atoms. The van der Waals surface area contributed by atoms with E-state index in [-0.39, 0.29) is 35.8 Å². The molecule has 0 amide bonds. The van der Waals surface area contributed by atoms with E-state index in [0.29, 0.717) is 0 Å². The zero-order valence-corrected chi connectivity index (χ0v) is 32.3. The molecule has 0 N–H and O–H groups in total. The van der Waals surface area contributed by atoms with Gasteiger partial charge in [0.2, 0.25) is 0 Å². The molecule has 4 nitrogen and oxygen atoms in total. The summed E-state index contributed by atoms with van der Waals surface area (Å²) in [6.45, 7) is 21.8. The van der Waals surface area contributed by atoms with Crippen LogP contribution in [0.2, 0.25) is 0 Å². The van der Waals surface area contributed by atoms with Crippen LogP contribution in [0.1, 0.15) is 169 Å². The average molecular weight is 669 g/mol. The molecule has 2 saturated heterocycles. The van der Waals surface area contributed by atoms with Gasteiger partial charge in [0.1, 0.15) is 0 Å². The van der Waals surface area contributed by atoms with Gasteiger partial charge in [0.15, 0.2) is 6.29 Å². The number of hydrogen-bond donors (Lipinski definition) is 0. The molecule has 256 valence electrons. The maximum atomic E-state index is 6.59. The summed E-state index contributed by atoms with van der Waals surface area (Å²) in [5, 5.41) is 2.83. The molecule has 0 unspecified atom stereocenters. The fourth-order valence-corrected chi connectivity index (χ4v) is 9.24. The van der Waals surface area contributed by atoms with E-state index in [4.69, 9.17) is 18.8 Å². The third-order valence-electron chi connectivity index (χ3n) is 11.2. The van der Waals surface area contributed by atoms with Crippen molar-refractivity contribution in [1.82, 2.24) is 0 Å². The molecule has 0 radical (unpaired) electrons. The Bertz CT molecular complexity index is 1270. The Kier molecular flexibility index (Phi) is 11.4. The van der Waals surface area contributed by atoms with Gasteiger partial charge in [-0.15, -0.1) is 22.7 Å². The Morgan fingerprint density at radius 1 is 0.565 bits per heavy atom. The van der Waals surface area contributed by atoms with Crippen molar-refractivity contribution in [1.29, 1.82) is 0 Å². The van der Waals surface area contributed by atoms with Crippen LogP contribution in [-0.2, 0) is 31.6 Å². The van der Waals surface area contributed by atoms with E-state index in [2.05, 4.69) is 81.4 Å². The fraction of sp³-hybridized carbons (Fsp3) is 0.744. The number of unbranched alkanes of at least 4 members (excludes halogenated alkanes) is 10. The van der Waals surface area contributed by atoms with Crippen LogP contribution in [-0.4, -0.2) is 29.5 Å². The lowest BCUT2D eigenvalue weighted by Gasteiger charge is -2.32. The first-order chi connectivity index (χ1) is 21.7. The number of benzene rings is 1. The fourth-order valence-electron chi connectivity index (χ4n) is 6.77. The first-order valence-corrected chi connectivity index (χ1v) is 20.1. The van der Waals surface area contributed by atoms with Crippen molar-refractivity contribution < 1.29 is 18.8 Å². The predicted octanol–water partition coefficient (Wildman–Crippen LogP) is 11.8. The molecule has 2 aromatic heterocycles. The molecule has 7 heteroatoms. The summed E-state index contributed by atoms with van der Waals surface area (Å²) in [4.78, 5) is 1.20. The van der Waals surface area contributed by atoms with Crippen LogP contribution in [0.15, 0.2) is 12.1 Å². The number of rotatable bonds is 16. The van der Waals surface area contributed by atoms with Gasteiger partial charge in [-0.25, -0.2) is 0 Å². The van der Waals surface area contributed by atoms with Gasteiger partial charge >= 0.3 is 7.12 Å². The van der Waals surface area contributed by atoms with Gasteiger partial charge in [0.05, 0.1) is 27.3 Å². The molecule has 46 heavy (non-hydrogen) atoms. The Morgan fingerprint density at radius 2 is 1.00 bits per heavy atom. The molecule has 0 saturated carbocycles. The van der Waals surface area contributed by atoms with Crippen molar-refractivity contribution in [3.05, 3.63) is 28.1 Å². The molecule has 0 aliphatic carbocycles. The van der Waals surface area contributed by atoms with Gasteiger partial charge in [-0.2, -0.15) is 0 Å². The smallest absolute Gasteiger partial charge is 0.399 e. The van der Waals surface area contributed by atoms with Crippen molar-refractivity contribution in [3.8, 4) is 0 Å². The highest BCUT2D eigenvalue weighted by Crippen LogP contribution is 2.50. The van der Waals surface area contributed by atoms with E-state index in [1.165, 1.54) is 118 Å². The number of thiophene rings is 2. The second-order valence-electron chi connectivity index (χ2n) is 16.0. The molecule has 2 aliphatic rings. The van der Waals surface area contributed by atoms with Crippen molar-refractivity contribution >= 4 is 54.7 Å². The lowest BCUT2D eigenvalue weighted by atomic mass is 9.86. The minimum Gasteiger partial charge on any atom is -0.399 e. The number of fused-ring (bicyclic) bond motifs is 2. The van der Waals surface area contributed by atoms with Crippen LogP contribution in [0.3, 0.4) is 0 Å². The number of hydrogen-bond acceptors (Lipinski definition) is 6. The largest absolute Gasteiger partial charge is 0.505 e. The summed E-state index contributed by atoms with van der Waals surface area (Å²) in [6.07, 6.45) is 17.4. The molecular formula is C39H61BO4S2. The van der Waals surface area contributed by atoms with Gasteiger partial charge in [0.25, 0.3) is 0 Å². The standard InChI is InChI=1S/C39H61BO4S2/c1-11-13-15-17-19-21-23-27-29-25-31(35-41-36(3,4)37(5,6)42-35)45-33(29)28(24-22-20-18-16-14-12-2)30-26-32(46-34(27)30)40-43-38(7,8)39(9,10)44-40/h25-26,35H,11-24H2,1-10H3. The summed E-state index contributed by atoms with van der Waals surface area (Å²) in [5.74, 6) is 0. The van der Waals surface area contributed by atoms with Crippen LogP contribution in [0.25, 0.3) is 20.2 Å². The topological polar surface area (TPSA) is 36.9 Å². The van der Waals surface area contributed by atoms with Crippen LogP contribution in [0.4, 0.5) is 0 Å².